The van der Waals surface area contributed by atoms with Gasteiger partial charge in [0.05, 0.1) is 0 Å². The first kappa shape index (κ1) is 14.2. The minimum absolute atomic E-state index is 0.602. The SMILES string of the molecule is c1cnc2c(c1)nc(CC1CCOC1)n2CC1CCOCC1. The predicted molar refractivity (Wildman–Crippen MR) is 83.7 cm³/mol. The number of ether oxygens (including phenoxy) is 2. The van der Waals surface area contributed by atoms with Crippen molar-refractivity contribution in [3.05, 3.63) is 24.2 Å². The van der Waals surface area contributed by atoms with E-state index in [0.717, 1.165) is 69.8 Å². The molecule has 2 aliphatic rings. The van der Waals surface area contributed by atoms with Crippen molar-refractivity contribution < 1.29 is 9.47 Å². The molecule has 0 saturated carbocycles. The van der Waals surface area contributed by atoms with Crippen LogP contribution in [-0.2, 0) is 22.4 Å². The van der Waals surface area contributed by atoms with Crippen molar-refractivity contribution in [2.24, 2.45) is 11.8 Å². The average molecular weight is 301 g/mol. The highest BCUT2D eigenvalue weighted by Crippen LogP contribution is 2.24. The van der Waals surface area contributed by atoms with Crippen LogP contribution in [0.5, 0.6) is 0 Å². The first-order chi connectivity index (χ1) is 10.9. The van der Waals surface area contributed by atoms with Crippen molar-refractivity contribution in [3.63, 3.8) is 0 Å². The highest BCUT2D eigenvalue weighted by atomic mass is 16.5. The van der Waals surface area contributed by atoms with Crippen LogP contribution >= 0.6 is 0 Å². The van der Waals surface area contributed by atoms with Gasteiger partial charge in [-0.05, 0) is 43.2 Å². The third-order valence-electron chi connectivity index (χ3n) is 4.86. The summed E-state index contributed by atoms with van der Waals surface area (Å²) >= 11 is 0. The summed E-state index contributed by atoms with van der Waals surface area (Å²) in [6.45, 7) is 4.55. The molecule has 1 unspecified atom stereocenters. The predicted octanol–water partition coefficient (Wildman–Crippen LogP) is 2.44. The van der Waals surface area contributed by atoms with Gasteiger partial charge in [-0.1, -0.05) is 0 Å². The lowest BCUT2D eigenvalue weighted by Gasteiger charge is -2.23. The van der Waals surface area contributed by atoms with E-state index in [1.165, 1.54) is 5.82 Å². The number of rotatable bonds is 4. The van der Waals surface area contributed by atoms with Crippen molar-refractivity contribution >= 4 is 11.2 Å². The lowest BCUT2D eigenvalue weighted by Crippen LogP contribution is -2.22. The van der Waals surface area contributed by atoms with Gasteiger partial charge in [-0.15, -0.1) is 0 Å². The summed E-state index contributed by atoms with van der Waals surface area (Å²) in [6, 6.07) is 4.04. The molecule has 0 aromatic carbocycles. The normalized spacial score (nSPS) is 23.4. The van der Waals surface area contributed by atoms with Gasteiger partial charge < -0.3 is 14.0 Å². The summed E-state index contributed by atoms with van der Waals surface area (Å²) < 4.78 is 13.4. The van der Waals surface area contributed by atoms with Crippen LogP contribution in [0.15, 0.2) is 18.3 Å². The van der Waals surface area contributed by atoms with E-state index < -0.39 is 0 Å². The Kier molecular flexibility index (Phi) is 4.08. The maximum atomic E-state index is 5.52. The van der Waals surface area contributed by atoms with Crippen molar-refractivity contribution in [1.29, 1.82) is 0 Å². The Morgan fingerprint density at radius 2 is 1.91 bits per heavy atom. The molecule has 0 spiro atoms. The van der Waals surface area contributed by atoms with Gasteiger partial charge in [-0.3, -0.25) is 0 Å². The van der Waals surface area contributed by atoms with Crippen LogP contribution in [0.3, 0.4) is 0 Å². The van der Waals surface area contributed by atoms with Crippen LogP contribution in [0.2, 0.25) is 0 Å². The average Bonchev–Trinajstić information content (AvgIpc) is 3.18. The molecule has 1 atom stereocenters. The highest BCUT2D eigenvalue weighted by Gasteiger charge is 2.23. The number of aromatic nitrogens is 3. The van der Waals surface area contributed by atoms with Gasteiger partial charge in [0.2, 0.25) is 0 Å². The molecule has 0 N–H and O–H groups in total. The molecule has 4 rings (SSSR count). The first-order valence-corrected chi connectivity index (χ1v) is 8.36. The third-order valence-corrected chi connectivity index (χ3v) is 4.86. The molecular formula is C17H23N3O2. The van der Waals surface area contributed by atoms with E-state index in [1.54, 1.807) is 0 Å². The van der Waals surface area contributed by atoms with Crippen LogP contribution < -0.4 is 0 Å². The van der Waals surface area contributed by atoms with Crippen LogP contribution in [0.1, 0.15) is 25.1 Å². The molecule has 2 saturated heterocycles. The van der Waals surface area contributed by atoms with E-state index >= 15 is 0 Å². The zero-order valence-corrected chi connectivity index (χ0v) is 12.9. The summed E-state index contributed by atoms with van der Waals surface area (Å²) in [7, 11) is 0. The molecule has 0 aliphatic carbocycles. The minimum atomic E-state index is 0.602. The fourth-order valence-electron chi connectivity index (χ4n) is 3.54. The number of hydrogen-bond acceptors (Lipinski definition) is 4. The van der Waals surface area contributed by atoms with Gasteiger partial charge in [0.15, 0.2) is 5.65 Å². The molecular weight excluding hydrogens is 278 g/mol. The van der Waals surface area contributed by atoms with E-state index in [4.69, 9.17) is 14.5 Å². The standard InChI is InChI=1S/C17H23N3O2/c1-2-15-17(18-6-1)20(11-13-3-7-21-8-4-13)16(19-15)10-14-5-9-22-12-14/h1-2,6,13-14H,3-5,7-12H2. The summed E-state index contributed by atoms with van der Waals surface area (Å²) in [5.41, 5.74) is 2.05. The summed E-state index contributed by atoms with van der Waals surface area (Å²) in [6.07, 6.45) is 6.29. The van der Waals surface area contributed by atoms with Gasteiger partial charge in [-0.2, -0.15) is 0 Å². The van der Waals surface area contributed by atoms with Crippen LogP contribution in [0, 0.1) is 11.8 Å². The Morgan fingerprint density at radius 3 is 2.73 bits per heavy atom. The molecule has 0 bridgehead atoms. The van der Waals surface area contributed by atoms with Crippen LogP contribution in [-0.4, -0.2) is 41.0 Å². The molecule has 2 aromatic rings. The molecule has 2 fully saturated rings. The Hall–Kier alpha value is -1.46. The topological polar surface area (TPSA) is 49.2 Å². The smallest absolute Gasteiger partial charge is 0.159 e. The number of nitrogens with zero attached hydrogens (tertiary/aromatic N) is 3. The minimum Gasteiger partial charge on any atom is -0.381 e. The second-order valence-electron chi connectivity index (χ2n) is 6.47. The monoisotopic (exact) mass is 301 g/mol. The van der Waals surface area contributed by atoms with Crippen LogP contribution in [0.4, 0.5) is 0 Å². The Bertz CT molecular complexity index is 628. The Labute approximate surface area is 130 Å². The Balaban J connectivity index is 1.63. The van der Waals surface area contributed by atoms with Gasteiger partial charge in [0.1, 0.15) is 11.3 Å². The van der Waals surface area contributed by atoms with Crippen molar-refractivity contribution in [1.82, 2.24) is 14.5 Å². The maximum absolute atomic E-state index is 5.52. The zero-order valence-electron chi connectivity index (χ0n) is 12.9. The highest BCUT2D eigenvalue weighted by molar-refractivity contribution is 5.71. The molecule has 2 aliphatic heterocycles. The fourth-order valence-corrected chi connectivity index (χ4v) is 3.54. The van der Waals surface area contributed by atoms with E-state index in [0.29, 0.717) is 11.8 Å². The van der Waals surface area contributed by atoms with Crippen LogP contribution in [0.25, 0.3) is 11.2 Å². The lowest BCUT2D eigenvalue weighted by atomic mass is 10.00. The Morgan fingerprint density at radius 1 is 1.09 bits per heavy atom. The maximum Gasteiger partial charge on any atom is 0.159 e. The molecule has 2 aromatic heterocycles. The quantitative estimate of drug-likeness (QED) is 0.870. The number of fused-ring (bicyclic) bond motifs is 1. The lowest BCUT2D eigenvalue weighted by molar-refractivity contribution is 0.0612. The van der Waals surface area contributed by atoms with E-state index in [9.17, 15) is 0 Å². The number of imidazole rings is 1. The number of pyridine rings is 1. The molecule has 0 amide bonds. The largest absolute Gasteiger partial charge is 0.381 e. The second-order valence-corrected chi connectivity index (χ2v) is 6.47. The van der Waals surface area contributed by atoms with Gasteiger partial charge in [0, 0.05) is 45.6 Å². The third kappa shape index (κ3) is 2.88. The van der Waals surface area contributed by atoms with Crippen molar-refractivity contribution in [3.8, 4) is 0 Å². The first-order valence-electron chi connectivity index (χ1n) is 8.36. The zero-order chi connectivity index (χ0) is 14.8. The second kappa shape index (κ2) is 6.34. The van der Waals surface area contributed by atoms with E-state index in [1.807, 2.05) is 12.3 Å². The molecule has 5 nitrogen and oxygen atoms in total. The molecule has 118 valence electrons. The summed E-state index contributed by atoms with van der Waals surface area (Å²) in [4.78, 5) is 9.44. The van der Waals surface area contributed by atoms with Gasteiger partial charge in [0.25, 0.3) is 0 Å². The fraction of sp³-hybridized carbons (Fsp3) is 0.647. The van der Waals surface area contributed by atoms with E-state index in [-0.39, 0.29) is 0 Å². The molecule has 5 heteroatoms. The van der Waals surface area contributed by atoms with Gasteiger partial charge >= 0.3 is 0 Å². The summed E-state index contributed by atoms with van der Waals surface area (Å²) in [5.74, 6) is 2.45. The van der Waals surface area contributed by atoms with Crippen molar-refractivity contribution in [2.45, 2.75) is 32.2 Å². The number of hydrogen-bond donors (Lipinski definition) is 0. The molecule has 4 heterocycles. The van der Waals surface area contributed by atoms with Crippen molar-refractivity contribution in [2.75, 3.05) is 26.4 Å². The molecule has 22 heavy (non-hydrogen) atoms. The van der Waals surface area contributed by atoms with Gasteiger partial charge in [-0.25, -0.2) is 9.97 Å². The summed E-state index contributed by atoms with van der Waals surface area (Å²) in [5, 5.41) is 0. The van der Waals surface area contributed by atoms with E-state index in [2.05, 4.69) is 15.6 Å². The molecule has 0 radical (unpaired) electrons.